The van der Waals surface area contributed by atoms with Crippen molar-refractivity contribution in [2.75, 3.05) is 0 Å². The summed E-state index contributed by atoms with van der Waals surface area (Å²) in [5.74, 6) is 0. The molecule has 50 heavy (non-hydrogen) atoms. The van der Waals surface area contributed by atoms with E-state index in [1.54, 1.807) is 0 Å². The second kappa shape index (κ2) is 9.43. The van der Waals surface area contributed by atoms with Gasteiger partial charge < -0.3 is 18.0 Å². The van der Waals surface area contributed by atoms with E-state index in [1.807, 2.05) is 0 Å². The third-order valence-electron chi connectivity index (χ3n) is 10.7. The molecule has 8 aromatic carbocycles. The SMILES string of the molecule is c1ccc2c(c1)c1ccccc1n2-c1ccc2oc3cc4cc5oc6ccc(-n7c8ccccc8c8ccccc87)cc6c5cc4cc3c2c1. The molecule has 0 atom stereocenters. The van der Waals surface area contributed by atoms with Crippen molar-refractivity contribution in [1.29, 1.82) is 0 Å². The molecule has 0 spiro atoms. The van der Waals surface area contributed by atoms with Gasteiger partial charge in [-0.1, -0.05) is 72.8 Å². The van der Waals surface area contributed by atoms with E-state index in [-0.39, 0.29) is 0 Å². The molecule has 12 rings (SSSR count). The number of rotatable bonds is 2. The lowest BCUT2D eigenvalue weighted by Crippen LogP contribution is -1.93. The Morgan fingerprint density at radius 2 is 0.620 bits per heavy atom. The third-order valence-corrected chi connectivity index (χ3v) is 10.7. The fourth-order valence-electron chi connectivity index (χ4n) is 8.45. The fourth-order valence-corrected chi connectivity index (χ4v) is 8.45. The van der Waals surface area contributed by atoms with Crippen LogP contribution in [0.15, 0.2) is 167 Å². The molecule has 0 saturated carbocycles. The maximum Gasteiger partial charge on any atom is 0.136 e. The average molecular weight is 639 g/mol. The Kier molecular flexibility index (Phi) is 4.94. The van der Waals surface area contributed by atoms with Gasteiger partial charge in [0, 0.05) is 54.5 Å². The molecule has 0 unspecified atom stereocenters. The fraction of sp³-hybridized carbons (Fsp3) is 0. The number of aromatic nitrogens is 2. The lowest BCUT2D eigenvalue weighted by molar-refractivity contribution is 0.668. The Morgan fingerprint density at radius 3 is 1.02 bits per heavy atom. The highest BCUT2D eigenvalue weighted by atomic mass is 16.3. The van der Waals surface area contributed by atoms with E-state index in [0.717, 1.165) is 66.0 Å². The maximum atomic E-state index is 6.46. The van der Waals surface area contributed by atoms with E-state index < -0.39 is 0 Å². The van der Waals surface area contributed by atoms with Crippen LogP contribution in [-0.2, 0) is 0 Å². The van der Waals surface area contributed by atoms with Crippen molar-refractivity contribution >= 4 is 98.3 Å². The van der Waals surface area contributed by atoms with Crippen LogP contribution in [0, 0.1) is 0 Å². The highest BCUT2D eigenvalue weighted by Gasteiger charge is 2.17. The number of benzene rings is 8. The van der Waals surface area contributed by atoms with Gasteiger partial charge >= 0.3 is 0 Å². The minimum Gasteiger partial charge on any atom is -0.456 e. The van der Waals surface area contributed by atoms with E-state index in [0.29, 0.717) is 0 Å². The molecule has 4 heteroatoms. The van der Waals surface area contributed by atoms with Gasteiger partial charge in [0.05, 0.1) is 22.1 Å². The van der Waals surface area contributed by atoms with Gasteiger partial charge in [-0.2, -0.15) is 0 Å². The highest BCUT2D eigenvalue weighted by Crippen LogP contribution is 2.40. The van der Waals surface area contributed by atoms with Crippen molar-refractivity contribution in [3.63, 3.8) is 0 Å². The Balaban J connectivity index is 1.07. The van der Waals surface area contributed by atoms with Crippen LogP contribution in [0.4, 0.5) is 0 Å². The molecular weight excluding hydrogens is 613 g/mol. The van der Waals surface area contributed by atoms with Crippen LogP contribution in [-0.4, -0.2) is 9.13 Å². The van der Waals surface area contributed by atoms with Crippen molar-refractivity contribution in [2.24, 2.45) is 0 Å². The van der Waals surface area contributed by atoms with Crippen LogP contribution >= 0.6 is 0 Å². The molecule has 0 aliphatic carbocycles. The first-order chi connectivity index (χ1) is 24.8. The van der Waals surface area contributed by atoms with Crippen LogP contribution in [0.3, 0.4) is 0 Å². The van der Waals surface area contributed by atoms with E-state index >= 15 is 0 Å². The summed E-state index contributed by atoms with van der Waals surface area (Å²) < 4.78 is 17.6. The van der Waals surface area contributed by atoms with Gasteiger partial charge in [-0.25, -0.2) is 0 Å². The number of fused-ring (bicyclic) bond motifs is 13. The van der Waals surface area contributed by atoms with Crippen molar-refractivity contribution in [3.8, 4) is 11.4 Å². The predicted molar refractivity (Wildman–Crippen MR) is 207 cm³/mol. The van der Waals surface area contributed by atoms with Gasteiger partial charge in [0.2, 0.25) is 0 Å². The summed E-state index contributed by atoms with van der Waals surface area (Å²) in [6.07, 6.45) is 0. The lowest BCUT2D eigenvalue weighted by Gasteiger charge is -2.08. The molecule has 0 radical (unpaired) electrons. The number of nitrogens with zero attached hydrogens (tertiary/aromatic N) is 2. The monoisotopic (exact) mass is 638 g/mol. The Hall–Kier alpha value is -6.78. The minimum atomic E-state index is 0.871. The molecule has 0 saturated heterocycles. The van der Waals surface area contributed by atoms with Crippen molar-refractivity contribution < 1.29 is 8.83 Å². The molecule has 0 N–H and O–H groups in total. The van der Waals surface area contributed by atoms with Crippen LogP contribution in [0.2, 0.25) is 0 Å². The summed E-state index contributed by atoms with van der Waals surface area (Å²) >= 11 is 0. The topological polar surface area (TPSA) is 36.1 Å². The second-order valence-corrected chi connectivity index (χ2v) is 13.3. The largest absolute Gasteiger partial charge is 0.456 e. The molecular formula is C46H26N2O2. The van der Waals surface area contributed by atoms with Gasteiger partial charge in [0.1, 0.15) is 22.3 Å². The lowest BCUT2D eigenvalue weighted by atomic mass is 10.0. The standard InChI is InChI=1S/C46H26N2O2/c1-5-13-39-31(9-1)32-10-2-6-14-40(32)47(39)29-17-19-43-37(25-29)35-21-27-22-36-38-26-30(18-20-44(38)50-46(36)24-28(27)23-45(35)49-43)48-41-15-7-3-11-33(41)34-12-4-8-16-42(34)48/h1-26H. The molecule has 4 aromatic heterocycles. The van der Waals surface area contributed by atoms with Crippen molar-refractivity contribution in [2.45, 2.75) is 0 Å². The van der Waals surface area contributed by atoms with Gasteiger partial charge in [0.15, 0.2) is 0 Å². The zero-order valence-electron chi connectivity index (χ0n) is 26.7. The van der Waals surface area contributed by atoms with E-state index in [1.165, 1.54) is 43.6 Å². The summed E-state index contributed by atoms with van der Waals surface area (Å²) in [7, 11) is 0. The molecule has 232 valence electrons. The van der Waals surface area contributed by atoms with Crippen LogP contribution in [0.5, 0.6) is 0 Å². The van der Waals surface area contributed by atoms with E-state index in [2.05, 4.69) is 167 Å². The quantitative estimate of drug-likeness (QED) is 0.189. The molecule has 0 amide bonds. The van der Waals surface area contributed by atoms with Gasteiger partial charge in [-0.3, -0.25) is 0 Å². The van der Waals surface area contributed by atoms with Gasteiger partial charge in [-0.05, 0) is 95.7 Å². The Morgan fingerprint density at radius 1 is 0.280 bits per heavy atom. The van der Waals surface area contributed by atoms with Crippen LogP contribution < -0.4 is 0 Å². The van der Waals surface area contributed by atoms with E-state index in [4.69, 9.17) is 8.83 Å². The summed E-state index contributed by atoms with van der Waals surface area (Å²) in [4.78, 5) is 0. The predicted octanol–water partition coefficient (Wildman–Crippen LogP) is 12.8. The smallest absolute Gasteiger partial charge is 0.136 e. The van der Waals surface area contributed by atoms with Crippen LogP contribution in [0.25, 0.3) is 110 Å². The molecule has 0 aliphatic heterocycles. The number of furan rings is 2. The zero-order chi connectivity index (χ0) is 32.5. The zero-order valence-corrected chi connectivity index (χ0v) is 26.7. The second-order valence-electron chi connectivity index (χ2n) is 13.3. The molecule has 0 aliphatic rings. The molecule has 0 fully saturated rings. The molecule has 0 bridgehead atoms. The number of hydrogen-bond acceptors (Lipinski definition) is 2. The number of para-hydroxylation sites is 4. The maximum absolute atomic E-state index is 6.46. The first kappa shape index (κ1) is 26.2. The highest BCUT2D eigenvalue weighted by molar-refractivity contribution is 6.16. The first-order valence-electron chi connectivity index (χ1n) is 17.0. The normalized spacial score (nSPS) is 12.4. The van der Waals surface area contributed by atoms with Crippen molar-refractivity contribution in [1.82, 2.24) is 9.13 Å². The van der Waals surface area contributed by atoms with Crippen molar-refractivity contribution in [3.05, 3.63) is 158 Å². The molecule has 4 heterocycles. The summed E-state index contributed by atoms with van der Waals surface area (Å²) in [5, 5.41) is 11.7. The summed E-state index contributed by atoms with van der Waals surface area (Å²) in [6, 6.07) is 56.5. The summed E-state index contributed by atoms with van der Waals surface area (Å²) in [5.41, 5.74) is 10.5. The third kappa shape index (κ3) is 3.44. The number of hydrogen-bond donors (Lipinski definition) is 0. The van der Waals surface area contributed by atoms with Gasteiger partial charge in [0.25, 0.3) is 0 Å². The Bertz CT molecular complexity index is 3060. The first-order valence-corrected chi connectivity index (χ1v) is 17.0. The van der Waals surface area contributed by atoms with Crippen LogP contribution in [0.1, 0.15) is 0 Å². The summed E-state index contributed by atoms with van der Waals surface area (Å²) in [6.45, 7) is 0. The van der Waals surface area contributed by atoms with Gasteiger partial charge in [-0.15, -0.1) is 0 Å². The molecule has 4 nitrogen and oxygen atoms in total. The minimum absolute atomic E-state index is 0.871. The Labute approximate surface area is 284 Å². The van der Waals surface area contributed by atoms with E-state index in [9.17, 15) is 0 Å². The molecule has 12 aromatic rings. The average Bonchev–Trinajstić information content (AvgIpc) is 3.90.